The van der Waals surface area contributed by atoms with Gasteiger partial charge in [-0.3, -0.25) is 0 Å². The Bertz CT molecular complexity index is 511. The summed E-state index contributed by atoms with van der Waals surface area (Å²) >= 11 is 0. The monoisotopic (exact) mass is 214 g/mol. The van der Waals surface area contributed by atoms with E-state index in [-0.39, 0.29) is 0 Å². The summed E-state index contributed by atoms with van der Waals surface area (Å²) in [4.78, 5) is 0. The van der Waals surface area contributed by atoms with Crippen LogP contribution in [0.15, 0.2) is 24.4 Å². The average Bonchev–Trinajstić information content (AvgIpc) is 2.72. The molecule has 2 heteroatoms. The Labute approximate surface area is 96.3 Å². The van der Waals surface area contributed by atoms with Crippen LogP contribution in [0.2, 0.25) is 0 Å². The van der Waals surface area contributed by atoms with Gasteiger partial charge in [-0.05, 0) is 42.6 Å². The maximum atomic E-state index is 3.40. The summed E-state index contributed by atoms with van der Waals surface area (Å²) < 4.78 is 2.39. The lowest BCUT2D eigenvalue weighted by Crippen LogP contribution is -2.13. The van der Waals surface area contributed by atoms with E-state index in [1.807, 2.05) is 0 Å². The minimum absolute atomic E-state index is 0.991. The van der Waals surface area contributed by atoms with Crippen LogP contribution in [0.5, 0.6) is 0 Å². The number of aromatic nitrogens is 1. The molecular formula is C14H18N2. The molecule has 1 aliphatic rings. The Balaban J connectivity index is 2.08. The van der Waals surface area contributed by atoms with E-state index >= 15 is 0 Å². The fourth-order valence-corrected chi connectivity index (χ4v) is 2.70. The molecule has 1 aromatic carbocycles. The van der Waals surface area contributed by atoms with Crippen molar-refractivity contribution in [1.82, 2.24) is 9.88 Å². The Morgan fingerprint density at radius 1 is 1.38 bits per heavy atom. The highest BCUT2D eigenvalue weighted by atomic mass is 15.0. The summed E-state index contributed by atoms with van der Waals surface area (Å²) in [5.41, 5.74) is 4.41. The van der Waals surface area contributed by atoms with Gasteiger partial charge < -0.3 is 9.88 Å². The normalized spacial score (nSPS) is 14.6. The zero-order valence-electron chi connectivity index (χ0n) is 9.79. The molecule has 1 aromatic heterocycles. The molecule has 1 aliphatic heterocycles. The second-order valence-electron chi connectivity index (χ2n) is 4.59. The molecule has 2 aromatic rings. The molecule has 0 unspecified atom stereocenters. The van der Waals surface area contributed by atoms with E-state index in [2.05, 4.69) is 41.2 Å². The lowest BCUT2D eigenvalue weighted by Gasteiger charge is -2.16. The smallest absolute Gasteiger partial charge is 0.0513 e. The van der Waals surface area contributed by atoms with E-state index < -0.39 is 0 Å². The van der Waals surface area contributed by atoms with Gasteiger partial charge in [0.2, 0.25) is 0 Å². The molecule has 0 atom stereocenters. The van der Waals surface area contributed by atoms with Crippen molar-refractivity contribution in [3.05, 3.63) is 35.5 Å². The third-order valence-corrected chi connectivity index (χ3v) is 3.42. The largest absolute Gasteiger partial charge is 0.347 e. The fourth-order valence-electron chi connectivity index (χ4n) is 2.70. The van der Waals surface area contributed by atoms with E-state index in [1.54, 1.807) is 0 Å². The summed E-state index contributed by atoms with van der Waals surface area (Å²) in [5.74, 6) is 0. The first kappa shape index (κ1) is 9.91. The molecule has 0 bridgehead atoms. The molecule has 0 saturated heterocycles. The predicted molar refractivity (Wildman–Crippen MR) is 67.6 cm³/mol. The molecule has 2 heterocycles. The lowest BCUT2D eigenvalue weighted by molar-refractivity contribution is 0.634. The van der Waals surface area contributed by atoms with Gasteiger partial charge in [-0.25, -0.2) is 0 Å². The first-order chi connectivity index (χ1) is 7.88. The maximum Gasteiger partial charge on any atom is 0.0513 e. The van der Waals surface area contributed by atoms with Crippen LogP contribution in [-0.4, -0.2) is 11.1 Å². The predicted octanol–water partition coefficient (Wildman–Crippen LogP) is 2.70. The van der Waals surface area contributed by atoms with Crippen LogP contribution in [0, 0.1) is 0 Å². The standard InChI is InChI=1S/C14H18N2/c1-2-15-10-11-8-12-4-3-6-16-7-5-13(9-11)14(12)16/h5,7-9,15H,2-4,6,10H2,1H3. The molecule has 0 spiro atoms. The van der Waals surface area contributed by atoms with Gasteiger partial charge in [-0.2, -0.15) is 0 Å². The molecule has 84 valence electrons. The van der Waals surface area contributed by atoms with Gasteiger partial charge in [0, 0.05) is 24.7 Å². The molecule has 0 amide bonds. The van der Waals surface area contributed by atoms with Crippen LogP contribution in [-0.2, 0) is 19.5 Å². The van der Waals surface area contributed by atoms with Gasteiger partial charge in [0.1, 0.15) is 0 Å². The van der Waals surface area contributed by atoms with Crippen molar-refractivity contribution in [2.24, 2.45) is 0 Å². The first-order valence-corrected chi connectivity index (χ1v) is 6.20. The molecule has 0 radical (unpaired) electrons. The lowest BCUT2D eigenvalue weighted by atomic mass is 10.0. The molecule has 0 aliphatic carbocycles. The van der Waals surface area contributed by atoms with E-state index in [4.69, 9.17) is 0 Å². The van der Waals surface area contributed by atoms with E-state index in [0.717, 1.165) is 13.1 Å². The number of benzene rings is 1. The van der Waals surface area contributed by atoms with Crippen LogP contribution in [0.4, 0.5) is 0 Å². The second kappa shape index (κ2) is 3.95. The van der Waals surface area contributed by atoms with Gasteiger partial charge in [0.25, 0.3) is 0 Å². The van der Waals surface area contributed by atoms with Crippen molar-refractivity contribution >= 4 is 10.9 Å². The Morgan fingerprint density at radius 2 is 2.31 bits per heavy atom. The second-order valence-corrected chi connectivity index (χ2v) is 4.59. The average molecular weight is 214 g/mol. The number of hydrogen-bond donors (Lipinski definition) is 1. The molecule has 2 nitrogen and oxygen atoms in total. The summed E-state index contributed by atoms with van der Waals surface area (Å²) in [7, 11) is 0. The highest BCUT2D eigenvalue weighted by Gasteiger charge is 2.12. The number of rotatable bonds is 3. The van der Waals surface area contributed by atoms with Crippen LogP contribution in [0.25, 0.3) is 10.9 Å². The van der Waals surface area contributed by atoms with Crippen LogP contribution >= 0.6 is 0 Å². The molecule has 3 rings (SSSR count). The minimum atomic E-state index is 0.991. The highest BCUT2D eigenvalue weighted by Crippen LogP contribution is 2.27. The third-order valence-electron chi connectivity index (χ3n) is 3.42. The topological polar surface area (TPSA) is 17.0 Å². The number of aryl methyl sites for hydroxylation is 2. The summed E-state index contributed by atoms with van der Waals surface area (Å²) in [6.45, 7) is 5.36. The van der Waals surface area contributed by atoms with Crippen molar-refractivity contribution in [1.29, 1.82) is 0 Å². The zero-order chi connectivity index (χ0) is 11.0. The maximum absolute atomic E-state index is 3.40. The number of nitrogens with one attached hydrogen (secondary N) is 1. The minimum Gasteiger partial charge on any atom is -0.347 e. The van der Waals surface area contributed by atoms with Crippen LogP contribution in [0.3, 0.4) is 0 Å². The Hall–Kier alpha value is -1.28. The van der Waals surface area contributed by atoms with Crippen molar-refractivity contribution in [3.63, 3.8) is 0 Å². The quantitative estimate of drug-likeness (QED) is 0.831. The van der Waals surface area contributed by atoms with Gasteiger partial charge in [0.05, 0.1) is 5.52 Å². The molecule has 1 N–H and O–H groups in total. The van der Waals surface area contributed by atoms with E-state index in [1.165, 1.54) is 41.4 Å². The van der Waals surface area contributed by atoms with Crippen molar-refractivity contribution in [2.75, 3.05) is 6.54 Å². The first-order valence-electron chi connectivity index (χ1n) is 6.20. The van der Waals surface area contributed by atoms with Crippen molar-refractivity contribution in [2.45, 2.75) is 32.9 Å². The number of nitrogens with zero attached hydrogens (tertiary/aromatic N) is 1. The fraction of sp³-hybridized carbons (Fsp3) is 0.429. The zero-order valence-corrected chi connectivity index (χ0v) is 9.79. The van der Waals surface area contributed by atoms with Gasteiger partial charge in [-0.1, -0.05) is 13.0 Å². The Kier molecular flexibility index (Phi) is 2.44. The molecular weight excluding hydrogens is 196 g/mol. The highest BCUT2D eigenvalue weighted by molar-refractivity contribution is 5.84. The van der Waals surface area contributed by atoms with Crippen molar-refractivity contribution in [3.8, 4) is 0 Å². The number of hydrogen-bond acceptors (Lipinski definition) is 1. The summed E-state index contributed by atoms with van der Waals surface area (Å²) in [5, 5.41) is 4.81. The molecule has 0 saturated carbocycles. The molecule has 0 fully saturated rings. The Morgan fingerprint density at radius 3 is 3.19 bits per heavy atom. The summed E-state index contributed by atoms with van der Waals surface area (Å²) in [6.07, 6.45) is 4.74. The van der Waals surface area contributed by atoms with E-state index in [9.17, 15) is 0 Å². The van der Waals surface area contributed by atoms with Crippen LogP contribution in [0.1, 0.15) is 24.5 Å². The van der Waals surface area contributed by atoms with E-state index in [0.29, 0.717) is 0 Å². The summed E-state index contributed by atoms with van der Waals surface area (Å²) in [6, 6.07) is 6.95. The SMILES string of the molecule is CCNCc1cc2c3c(ccn3CCC2)c1. The van der Waals surface area contributed by atoms with Gasteiger partial charge >= 0.3 is 0 Å². The van der Waals surface area contributed by atoms with Gasteiger partial charge in [0.15, 0.2) is 0 Å². The van der Waals surface area contributed by atoms with Gasteiger partial charge in [-0.15, -0.1) is 0 Å². The van der Waals surface area contributed by atoms with Crippen molar-refractivity contribution < 1.29 is 0 Å². The van der Waals surface area contributed by atoms with Crippen LogP contribution < -0.4 is 5.32 Å². The third kappa shape index (κ3) is 1.54. The molecule has 16 heavy (non-hydrogen) atoms.